The van der Waals surface area contributed by atoms with Gasteiger partial charge in [0.05, 0.1) is 12.4 Å². The van der Waals surface area contributed by atoms with Crippen molar-refractivity contribution < 1.29 is 24.3 Å². The zero-order chi connectivity index (χ0) is 28.7. The summed E-state index contributed by atoms with van der Waals surface area (Å²) in [5.41, 5.74) is 27.9. The predicted octanol–water partition coefficient (Wildman–Crippen LogP) is -4.05. The summed E-state index contributed by atoms with van der Waals surface area (Å²) in [6, 6.07) is -4.41. The van der Waals surface area contributed by atoms with E-state index in [9.17, 15) is 19.2 Å². The molecule has 1 heterocycles. The van der Waals surface area contributed by atoms with E-state index in [0.29, 0.717) is 18.5 Å². The fourth-order valence-corrected chi connectivity index (χ4v) is 3.20. The number of hydrogen-bond acceptors (Lipinski definition) is 8. The maximum atomic E-state index is 13.2. The van der Waals surface area contributed by atoms with Crippen molar-refractivity contribution >= 4 is 35.6 Å². The molecule has 0 aliphatic heterocycles. The number of nitrogens with two attached hydrogens (primary N) is 5. The topological polar surface area (TPSA) is 308 Å². The van der Waals surface area contributed by atoms with E-state index in [-0.39, 0.29) is 44.3 Å². The predicted molar refractivity (Wildman–Crippen MR) is 139 cm³/mol. The van der Waals surface area contributed by atoms with Gasteiger partial charge in [0, 0.05) is 31.4 Å². The molecule has 0 spiro atoms. The summed E-state index contributed by atoms with van der Waals surface area (Å²) in [6.45, 7) is 1.66. The summed E-state index contributed by atoms with van der Waals surface area (Å²) in [7, 11) is 0. The van der Waals surface area contributed by atoms with Crippen molar-refractivity contribution in [1.29, 1.82) is 0 Å². The Labute approximate surface area is 219 Å². The van der Waals surface area contributed by atoms with E-state index in [1.807, 2.05) is 0 Å². The number of amides is 3. The number of guanidine groups is 2. The lowest BCUT2D eigenvalue weighted by molar-refractivity contribution is -0.141. The Hall–Kier alpha value is -4.41. The molecule has 212 valence electrons. The molecule has 1 aromatic rings. The monoisotopic (exact) mass is 538 g/mol. The minimum Gasteiger partial charge on any atom is -0.480 e. The molecule has 3 amide bonds. The van der Waals surface area contributed by atoms with Gasteiger partial charge < -0.3 is 54.7 Å². The number of nitrogens with zero attached hydrogens (tertiary/aromatic N) is 3. The minimum atomic E-state index is -1.25. The van der Waals surface area contributed by atoms with Crippen molar-refractivity contribution in [2.75, 3.05) is 13.1 Å². The average molecular weight is 539 g/mol. The van der Waals surface area contributed by atoms with Crippen LogP contribution in [-0.2, 0) is 25.6 Å². The molecule has 0 saturated heterocycles. The second-order valence-corrected chi connectivity index (χ2v) is 8.48. The van der Waals surface area contributed by atoms with E-state index in [1.165, 1.54) is 19.4 Å². The minimum absolute atomic E-state index is 0.0920. The van der Waals surface area contributed by atoms with Gasteiger partial charge in [-0.1, -0.05) is 0 Å². The number of carbonyl (C=O) groups is 4. The lowest BCUT2D eigenvalue weighted by atomic mass is 10.1. The normalized spacial score (nSPS) is 13.7. The molecule has 4 unspecified atom stereocenters. The smallest absolute Gasteiger partial charge is 0.325 e. The molecule has 0 radical (unpaired) electrons. The molecule has 0 fully saturated rings. The fraction of sp³-hybridized carbons (Fsp3) is 0.571. The summed E-state index contributed by atoms with van der Waals surface area (Å²) in [4.78, 5) is 64.3. The van der Waals surface area contributed by atoms with Crippen LogP contribution >= 0.6 is 0 Å². The number of imidazole rings is 1. The van der Waals surface area contributed by atoms with Crippen LogP contribution in [0.3, 0.4) is 0 Å². The molecular weight excluding hydrogens is 500 g/mol. The molecule has 0 aliphatic rings. The van der Waals surface area contributed by atoms with Crippen LogP contribution < -0.4 is 44.6 Å². The molecule has 4 atom stereocenters. The van der Waals surface area contributed by atoms with Crippen LogP contribution in [0.25, 0.3) is 0 Å². The van der Waals surface area contributed by atoms with Crippen LogP contribution in [0.15, 0.2) is 22.5 Å². The largest absolute Gasteiger partial charge is 0.480 e. The van der Waals surface area contributed by atoms with Gasteiger partial charge in [-0.25, -0.2) is 4.98 Å². The average Bonchev–Trinajstić information content (AvgIpc) is 3.35. The van der Waals surface area contributed by atoms with Crippen LogP contribution in [0.5, 0.6) is 0 Å². The Kier molecular flexibility index (Phi) is 13.6. The Balaban J connectivity index is 2.98. The number of H-pyrrole nitrogens is 1. The van der Waals surface area contributed by atoms with Crippen molar-refractivity contribution in [2.45, 2.75) is 63.2 Å². The third kappa shape index (κ3) is 12.5. The van der Waals surface area contributed by atoms with Crippen LogP contribution in [0.4, 0.5) is 0 Å². The summed E-state index contributed by atoms with van der Waals surface area (Å²) >= 11 is 0. The highest BCUT2D eigenvalue weighted by atomic mass is 16.4. The molecule has 1 aromatic heterocycles. The molecular formula is C21H38N12O5. The van der Waals surface area contributed by atoms with Gasteiger partial charge in [-0.2, -0.15) is 0 Å². The zero-order valence-electron chi connectivity index (χ0n) is 21.2. The second kappa shape index (κ2) is 16.4. The van der Waals surface area contributed by atoms with Crippen molar-refractivity contribution in [3.8, 4) is 0 Å². The summed E-state index contributed by atoms with van der Waals surface area (Å²) in [5, 5.41) is 16.6. The van der Waals surface area contributed by atoms with E-state index < -0.39 is 47.9 Å². The highest BCUT2D eigenvalue weighted by molar-refractivity contribution is 5.94. The molecule has 17 nitrogen and oxygen atoms in total. The lowest BCUT2D eigenvalue weighted by Gasteiger charge is -2.24. The van der Waals surface area contributed by atoms with Gasteiger partial charge in [0.15, 0.2) is 11.9 Å². The van der Waals surface area contributed by atoms with Gasteiger partial charge in [0.1, 0.15) is 18.1 Å². The first kappa shape index (κ1) is 31.6. The Morgan fingerprint density at radius 3 is 1.87 bits per heavy atom. The Morgan fingerprint density at radius 1 is 0.921 bits per heavy atom. The first-order chi connectivity index (χ1) is 17.9. The molecule has 0 aliphatic carbocycles. The van der Waals surface area contributed by atoms with Crippen LogP contribution in [-0.4, -0.2) is 87.9 Å². The van der Waals surface area contributed by atoms with E-state index in [2.05, 4.69) is 35.9 Å². The number of aliphatic imine (C=N–C) groups is 2. The van der Waals surface area contributed by atoms with Crippen LogP contribution in [0.1, 0.15) is 38.3 Å². The highest BCUT2D eigenvalue weighted by Crippen LogP contribution is 2.05. The van der Waals surface area contributed by atoms with Crippen LogP contribution in [0.2, 0.25) is 0 Å². The molecule has 0 saturated carbocycles. The highest BCUT2D eigenvalue weighted by Gasteiger charge is 2.29. The SMILES string of the molecule is CC(NC(=O)C(CCCN=C(N)N)NC(=O)C(CCCN=C(N)N)NC(=O)C(N)Cc1cnc[nH]1)C(=O)O. The third-order valence-corrected chi connectivity index (χ3v) is 5.22. The van der Waals surface area contributed by atoms with Gasteiger partial charge in [0.2, 0.25) is 17.7 Å². The maximum absolute atomic E-state index is 13.2. The van der Waals surface area contributed by atoms with Crippen LogP contribution in [0, 0.1) is 0 Å². The Bertz CT molecular complexity index is 973. The van der Waals surface area contributed by atoms with E-state index in [1.54, 1.807) is 0 Å². The van der Waals surface area contributed by atoms with Gasteiger partial charge in [-0.05, 0) is 32.6 Å². The number of carboxylic acid groups (broad SMARTS) is 1. The van der Waals surface area contributed by atoms with E-state index in [4.69, 9.17) is 33.8 Å². The molecule has 1 rings (SSSR count). The van der Waals surface area contributed by atoms with Gasteiger partial charge in [-0.3, -0.25) is 29.2 Å². The summed E-state index contributed by atoms with van der Waals surface area (Å²) in [6.07, 6.45) is 3.96. The second-order valence-electron chi connectivity index (χ2n) is 8.48. The summed E-state index contributed by atoms with van der Waals surface area (Å²) in [5.74, 6) is -3.51. The number of aromatic amines is 1. The van der Waals surface area contributed by atoms with E-state index in [0.717, 1.165) is 0 Å². The number of rotatable bonds is 17. The zero-order valence-corrected chi connectivity index (χ0v) is 21.2. The molecule has 38 heavy (non-hydrogen) atoms. The first-order valence-electron chi connectivity index (χ1n) is 11.9. The number of hydrogen-bond donors (Lipinski definition) is 10. The Morgan fingerprint density at radius 2 is 1.42 bits per heavy atom. The number of aromatic nitrogens is 2. The standard InChI is InChI=1S/C21H38N12O5/c1-11(19(37)38)31-17(35)14(4-2-6-28-20(23)24)33-18(36)15(5-3-7-29-21(25)26)32-16(34)13(22)8-12-9-27-10-30-12/h9-11,13-15H,2-8,22H2,1H3,(H,27,30)(H,31,35)(H,32,34)(H,33,36)(H,37,38)(H4,23,24,28)(H4,25,26,29). The fourth-order valence-electron chi connectivity index (χ4n) is 3.20. The number of aliphatic carboxylic acids is 1. The van der Waals surface area contributed by atoms with Crippen molar-refractivity contribution in [3.05, 3.63) is 18.2 Å². The van der Waals surface area contributed by atoms with Gasteiger partial charge >= 0.3 is 5.97 Å². The molecule has 17 heteroatoms. The molecule has 0 aromatic carbocycles. The van der Waals surface area contributed by atoms with Gasteiger partial charge in [0.25, 0.3) is 0 Å². The number of carbonyl (C=O) groups excluding carboxylic acids is 3. The quantitative estimate of drug-likeness (QED) is 0.0516. The van der Waals surface area contributed by atoms with Crippen molar-refractivity contribution in [2.24, 2.45) is 38.7 Å². The third-order valence-electron chi connectivity index (χ3n) is 5.22. The van der Waals surface area contributed by atoms with E-state index >= 15 is 0 Å². The molecule has 0 bridgehead atoms. The number of nitrogens with one attached hydrogen (secondary N) is 4. The van der Waals surface area contributed by atoms with Crippen molar-refractivity contribution in [1.82, 2.24) is 25.9 Å². The first-order valence-corrected chi connectivity index (χ1v) is 11.9. The van der Waals surface area contributed by atoms with Gasteiger partial charge in [-0.15, -0.1) is 0 Å². The van der Waals surface area contributed by atoms with Crippen molar-refractivity contribution in [3.63, 3.8) is 0 Å². The summed E-state index contributed by atoms with van der Waals surface area (Å²) < 4.78 is 0. The molecule has 15 N–H and O–H groups in total. The lowest BCUT2D eigenvalue weighted by Crippen LogP contribution is -2.57. The number of carboxylic acids is 1. The maximum Gasteiger partial charge on any atom is 0.325 e.